The van der Waals surface area contributed by atoms with Crippen LogP contribution in [0.3, 0.4) is 0 Å². The highest BCUT2D eigenvalue weighted by atomic mass is 32.1. The molecule has 0 saturated heterocycles. The lowest BCUT2D eigenvalue weighted by Crippen LogP contribution is -2.21. The van der Waals surface area contributed by atoms with E-state index in [2.05, 4.69) is 15.4 Å². The smallest absolute Gasteiger partial charge is 0.341 e. The Morgan fingerprint density at radius 2 is 2.09 bits per heavy atom. The SMILES string of the molecule is CCOC(=O)c1c(NC(=O)Cn2nc(C)c3c(-c4ccco4)ccnc32)sc2c1CCCCC2. The fraction of sp³-hybridized carbons (Fsp3) is 0.360. The number of hydrogen-bond acceptors (Lipinski definition) is 7. The number of nitrogens with one attached hydrogen (secondary N) is 1. The van der Waals surface area contributed by atoms with E-state index in [0.717, 1.165) is 60.1 Å². The Bertz CT molecular complexity index is 1350. The summed E-state index contributed by atoms with van der Waals surface area (Å²) < 4.78 is 12.5. The number of pyridine rings is 1. The lowest BCUT2D eigenvalue weighted by Gasteiger charge is -2.09. The van der Waals surface area contributed by atoms with E-state index in [-0.39, 0.29) is 18.4 Å². The third kappa shape index (κ3) is 4.11. The second-order valence-corrected chi connectivity index (χ2v) is 9.42. The van der Waals surface area contributed by atoms with Crippen molar-refractivity contribution in [2.75, 3.05) is 11.9 Å². The third-order valence-corrected chi connectivity index (χ3v) is 7.25. The van der Waals surface area contributed by atoms with Crippen molar-refractivity contribution in [1.82, 2.24) is 14.8 Å². The highest BCUT2D eigenvalue weighted by Gasteiger charge is 2.27. The molecule has 0 fully saturated rings. The van der Waals surface area contributed by atoms with Gasteiger partial charge in [-0.25, -0.2) is 14.5 Å². The van der Waals surface area contributed by atoms with Gasteiger partial charge < -0.3 is 14.5 Å². The number of fused-ring (bicyclic) bond motifs is 2. The summed E-state index contributed by atoms with van der Waals surface area (Å²) in [5.41, 5.74) is 3.79. The summed E-state index contributed by atoms with van der Waals surface area (Å²) in [6.07, 6.45) is 8.33. The monoisotopic (exact) mass is 478 g/mol. The fourth-order valence-electron chi connectivity index (χ4n) is 4.58. The number of ether oxygens (including phenoxy) is 1. The number of furan rings is 1. The number of aryl methyl sites for hydroxylation is 2. The number of thiophene rings is 1. The first kappa shape index (κ1) is 22.3. The van der Waals surface area contributed by atoms with E-state index >= 15 is 0 Å². The van der Waals surface area contributed by atoms with Crippen LogP contribution in [0.1, 0.15) is 52.7 Å². The van der Waals surface area contributed by atoms with Crippen molar-refractivity contribution in [2.24, 2.45) is 0 Å². The molecule has 4 aromatic rings. The van der Waals surface area contributed by atoms with Gasteiger partial charge in [0.25, 0.3) is 0 Å². The summed E-state index contributed by atoms with van der Waals surface area (Å²) in [5, 5.41) is 8.94. The number of carbonyl (C=O) groups excluding carboxylic acids is 2. The van der Waals surface area contributed by atoms with Crippen LogP contribution in [0, 0.1) is 6.92 Å². The fourth-order valence-corrected chi connectivity index (χ4v) is 5.87. The van der Waals surface area contributed by atoms with Gasteiger partial charge in [-0.15, -0.1) is 11.3 Å². The molecule has 0 radical (unpaired) electrons. The van der Waals surface area contributed by atoms with Gasteiger partial charge in [-0.05, 0) is 63.3 Å². The summed E-state index contributed by atoms with van der Waals surface area (Å²) >= 11 is 1.49. The molecule has 0 aromatic carbocycles. The average molecular weight is 479 g/mol. The number of aromatic nitrogens is 3. The van der Waals surface area contributed by atoms with Gasteiger partial charge in [-0.2, -0.15) is 5.10 Å². The van der Waals surface area contributed by atoms with Crippen LogP contribution in [0.4, 0.5) is 5.00 Å². The molecule has 1 aliphatic rings. The minimum absolute atomic E-state index is 0.0240. The highest BCUT2D eigenvalue weighted by Crippen LogP contribution is 2.38. The molecule has 1 N–H and O–H groups in total. The maximum absolute atomic E-state index is 13.1. The molecule has 4 aromatic heterocycles. The van der Waals surface area contributed by atoms with Crippen LogP contribution in [0.15, 0.2) is 35.1 Å². The molecule has 5 rings (SSSR count). The predicted octanol–water partition coefficient (Wildman–Crippen LogP) is 5.15. The van der Waals surface area contributed by atoms with Gasteiger partial charge in [0.15, 0.2) is 5.65 Å². The van der Waals surface area contributed by atoms with Crippen LogP contribution in [0.2, 0.25) is 0 Å². The molecule has 0 bridgehead atoms. The lowest BCUT2D eigenvalue weighted by molar-refractivity contribution is -0.116. The van der Waals surface area contributed by atoms with Crippen molar-refractivity contribution in [3.63, 3.8) is 0 Å². The number of anilines is 1. The Labute approximate surface area is 200 Å². The van der Waals surface area contributed by atoms with Gasteiger partial charge in [0.1, 0.15) is 17.3 Å². The summed E-state index contributed by atoms with van der Waals surface area (Å²) in [6.45, 7) is 3.94. The Morgan fingerprint density at radius 1 is 1.24 bits per heavy atom. The molecule has 0 atom stereocenters. The van der Waals surface area contributed by atoms with Gasteiger partial charge >= 0.3 is 5.97 Å². The molecular formula is C25H26N4O4S. The van der Waals surface area contributed by atoms with Crippen molar-refractivity contribution in [1.29, 1.82) is 0 Å². The number of rotatable bonds is 6. The van der Waals surface area contributed by atoms with Crippen molar-refractivity contribution >= 4 is 39.2 Å². The van der Waals surface area contributed by atoms with Crippen molar-refractivity contribution in [2.45, 2.75) is 52.5 Å². The zero-order valence-electron chi connectivity index (χ0n) is 19.2. The van der Waals surface area contributed by atoms with Gasteiger partial charge in [-0.3, -0.25) is 4.79 Å². The molecule has 34 heavy (non-hydrogen) atoms. The van der Waals surface area contributed by atoms with Crippen molar-refractivity contribution in [3.8, 4) is 11.3 Å². The normalized spacial score (nSPS) is 13.5. The first-order valence-corrected chi connectivity index (χ1v) is 12.4. The largest absolute Gasteiger partial charge is 0.464 e. The Balaban J connectivity index is 1.44. The number of carbonyl (C=O) groups is 2. The van der Waals surface area contributed by atoms with Crippen LogP contribution < -0.4 is 5.32 Å². The number of amides is 1. The van der Waals surface area contributed by atoms with Gasteiger partial charge in [0, 0.05) is 16.6 Å². The summed E-state index contributed by atoms with van der Waals surface area (Å²) in [4.78, 5) is 31.5. The summed E-state index contributed by atoms with van der Waals surface area (Å²) in [6, 6.07) is 5.60. The maximum Gasteiger partial charge on any atom is 0.341 e. The molecule has 1 amide bonds. The molecule has 0 spiro atoms. The van der Waals surface area contributed by atoms with E-state index in [1.807, 2.05) is 25.1 Å². The molecule has 8 nitrogen and oxygen atoms in total. The molecule has 0 aliphatic heterocycles. The molecular weight excluding hydrogens is 452 g/mol. The van der Waals surface area contributed by atoms with E-state index in [4.69, 9.17) is 9.15 Å². The first-order chi connectivity index (χ1) is 16.6. The number of nitrogens with zero attached hydrogens (tertiary/aromatic N) is 3. The van der Waals surface area contributed by atoms with E-state index < -0.39 is 0 Å². The molecule has 0 saturated carbocycles. The molecule has 176 valence electrons. The first-order valence-electron chi connectivity index (χ1n) is 11.5. The average Bonchev–Trinajstić information content (AvgIpc) is 3.49. The Morgan fingerprint density at radius 3 is 2.88 bits per heavy atom. The van der Waals surface area contributed by atoms with E-state index in [9.17, 15) is 9.59 Å². The van der Waals surface area contributed by atoms with Gasteiger partial charge in [-0.1, -0.05) is 6.42 Å². The Hall–Kier alpha value is -3.46. The minimum atomic E-state index is -0.373. The summed E-state index contributed by atoms with van der Waals surface area (Å²) in [7, 11) is 0. The number of hydrogen-bond donors (Lipinski definition) is 1. The summed E-state index contributed by atoms with van der Waals surface area (Å²) in [5.74, 6) is 0.0811. The van der Waals surface area contributed by atoms with Crippen LogP contribution in [-0.2, 0) is 28.9 Å². The van der Waals surface area contributed by atoms with Crippen LogP contribution >= 0.6 is 11.3 Å². The maximum atomic E-state index is 13.1. The van der Waals surface area contributed by atoms with E-state index in [1.165, 1.54) is 16.2 Å². The quantitative estimate of drug-likeness (QED) is 0.304. The second kappa shape index (κ2) is 9.42. The minimum Gasteiger partial charge on any atom is -0.464 e. The van der Waals surface area contributed by atoms with Crippen LogP contribution in [0.5, 0.6) is 0 Å². The molecule has 4 heterocycles. The number of esters is 1. The van der Waals surface area contributed by atoms with E-state index in [1.54, 1.807) is 24.1 Å². The molecule has 0 unspecified atom stereocenters. The lowest BCUT2D eigenvalue weighted by atomic mass is 10.1. The Kier molecular flexibility index (Phi) is 6.19. The van der Waals surface area contributed by atoms with Crippen molar-refractivity contribution < 1.29 is 18.7 Å². The van der Waals surface area contributed by atoms with Gasteiger partial charge in [0.2, 0.25) is 5.91 Å². The third-order valence-electron chi connectivity index (χ3n) is 6.04. The molecule has 1 aliphatic carbocycles. The van der Waals surface area contributed by atoms with E-state index in [0.29, 0.717) is 22.8 Å². The molecule has 9 heteroatoms. The highest BCUT2D eigenvalue weighted by molar-refractivity contribution is 7.17. The zero-order chi connectivity index (χ0) is 23.7. The van der Waals surface area contributed by atoms with Gasteiger partial charge in [0.05, 0.1) is 29.5 Å². The topological polar surface area (TPSA) is 99.2 Å². The van der Waals surface area contributed by atoms with Crippen LogP contribution in [-0.4, -0.2) is 33.2 Å². The second-order valence-electron chi connectivity index (χ2n) is 8.31. The zero-order valence-corrected chi connectivity index (χ0v) is 20.0. The standard InChI is InChI=1S/C25H26N4O4S/c1-3-32-25(31)22-17-8-5-4-6-10-19(17)34-24(22)27-20(30)14-29-23-21(15(2)28-29)16(11-12-26-23)18-9-7-13-33-18/h7,9,11-13H,3-6,8,10,14H2,1-2H3,(H,27,30). The predicted molar refractivity (Wildman–Crippen MR) is 130 cm³/mol. The van der Waals surface area contributed by atoms with Crippen molar-refractivity contribution in [3.05, 3.63) is 52.4 Å². The van der Waals surface area contributed by atoms with Crippen LogP contribution in [0.25, 0.3) is 22.4 Å².